The van der Waals surface area contributed by atoms with E-state index in [-0.39, 0.29) is 5.91 Å². The Morgan fingerprint density at radius 1 is 1.30 bits per heavy atom. The number of nitrogens with one attached hydrogen (secondary N) is 1. The molecule has 0 aliphatic heterocycles. The van der Waals surface area contributed by atoms with Gasteiger partial charge in [0.05, 0.1) is 18.5 Å². The van der Waals surface area contributed by atoms with Gasteiger partial charge in [-0.2, -0.15) is 0 Å². The minimum atomic E-state index is -0.245. The predicted molar refractivity (Wildman–Crippen MR) is 79.0 cm³/mol. The normalized spacial score (nSPS) is 10.1. The van der Waals surface area contributed by atoms with Crippen LogP contribution in [0, 0.1) is 6.92 Å². The molecule has 0 saturated carbocycles. The fourth-order valence-electron chi connectivity index (χ4n) is 1.83. The van der Waals surface area contributed by atoms with Gasteiger partial charge in [-0.15, -0.1) is 0 Å². The van der Waals surface area contributed by atoms with E-state index < -0.39 is 0 Å². The molecule has 5 nitrogen and oxygen atoms in total. The zero-order valence-electron chi connectivity index (χ0n) is 11.5. The highest BCUT2D eigenvalue weighted by Crippen LogP contribution is 2.20. The van der Waals surface area contributed by atoms with E-state index in [1.165, 1.54) is 0 Å². The van der Waals surface area contributed by atoms with Crippen molar-refractivity contribution in [2.24, 2.45) is 0 Å². The van der Waals surface area contributed by atoms with Crippen molar-refractivity contribution >= 4 is 17.3 Å². The minimum Gasteiger partial charge on any atom is -0.494 e. The number of carbonyl (C=O) groups is 1. The molecular formula is C15H17N3O2. The Bertz CT molecular complexity index is 626. The number of carbonyl (C=O) groups excluding carboxylic acids is 1. The van der Waals surface area contributed by atoms with E-state index in [1.54, 1.807) is 30.6 Å². The van der Waals surface area contributed by atoms with Crippen molar-refractivity contribution in [1.29, 1.82) is 0 Å². The van der Waals surface area contributed by atoms with Crippen molar-refractivity contribution in [2.75, 3.05) is 17.7 Å². The Kier molecular flexibility index (Phi) is 4.20. The van der Waals surface area contributed by atoms with Crippen LogP contribution in [0.4, 0.5) is 11.4 Å². The smallest absolute Gasteiger partial charge is 0.255 e. The maximum Gasteiger partial charge on any atom is 0.255 e. The number of anilines is 2. The molecule has 0 atom stereocenters. The molecule has 104 valence electrons. The molecule has 20 heavy (non-hydrogen) atoms. The summed E-state index contributed by atoms with van der Waals surface area (Å²) in [5.41, 5.74) is 8.34. The van der Waals surface area contributed by atoms with Crippen molar-refractivity contribution in [3.05, 3.63) is 47.8 Å². The number of amides is 1. The first kappa shape index (κ1) is 13.9. The van der Waals surface area contributed by atoms with Gasteiger partial charge in [-0.25, -0.2) is 0 Å². The lowest BCUT2D eigenvalue weighted by Gasteiger charge is -2.09. The number of ether oxygens (including phenoxy) is 1. The third-order valence-electron chi connectivity index (χ3n) is 2.63. The van der Waals surface area contributed by atoms with Crippen molar-refractivity contribution in [3.8, 4) is 5.75 Å². The van der Waals surface area contributed by atoms with E-state index in [2.05, 4.69) is 10.3 Å². The second-order valence-electron chi connectivity index (χ2n) is 4.43. The summed E-state index contributed by atoms with van der Waals surface area (Å²) in [6, 6.07) is 6.81. The van der Waals surface area contributed by atoms with Gasteiger partial charge in [0.2, 0.25) is 0 Å². The third kappa shape index (κ3) is 3.47. The van der Waals surface area contributed by atoms with Gasteiger partial charge in [-0.1, -0.05) is 0 Å². The molecule has 2 aromatic rings. The molecule has 0 unspecified atom stereocenters. The van der Waals surface area contributed by atoms with E-state index in [4.69, 9.17) is 10.5 Å². The molecule has 0 spiro atoms. The van der Waals surface area contributed by atoms with E-state index in [1.807, 2.05) is 19.9 Å². The highest BCUT2D eigenvalue weighted by Gasteiger charge is 2.09. The summed E-state index contributed by atoms with van der Waals surface area (Å²) < 4.78 is 5.37. The molecular weight excluding hydrogens is 254 g/mol. The van der Waals surface area contributed by atoms with Crippen LogP contribution in [0.1, 0.15) is 22.8 Å². The molecule has 1 heterocycles. The van der Waals surface area contributed by atoms with Gasteiger partial charge in [0.25, 0.3) is 5.91 Å². The lowest BCUT2D eigenvalue weighted by molar-refractivity contribution is 0.102. The van der Waals surface area contributed by atoms with Gasteiger partial charge in [-0.05, 0) is 37.6 Å². The summed E-state index contributed by atoms with van der Waals surface area (Å²) in [6.45, 7) is 4.31. The van der Waals surface area contributed by atoms with Crippen molar-refractivity contribution < 1.29 is 9.53 Å². The number of aromatic nitrogens is 1. The number of hydrogen-bond acceptors (Lipinski definition) is 4. The van der Waals surface area contributed by atoms with E-state index in [0.717, 1.165) is 5.56 Å². The first-order valence-corrected chi connectivity index (χ1v) is 6.35. The number of hydrogen-bond donors (Lipinski definition) is 2. The van der Waals surface area contributed by atoms with Crippen LogP contribution < -0.4 is 15.8 Å². The topological polar surface area (TPSA) is 77.2 Å². The summed E-state index contributed by atoms with van der Waals surface area (Å²) in [4.78, 5) is 16.2. The second kappa shape index (κ2) is 6.06. The molecule has 0 fully saturated rings. The molecule has 1 aromatic heterocycles. The van der Waals surface area contributed by atoms with Crippen LogP contribution in [-0.4, -0.2) is 17.5 Å². The molecule has 2 rings (SSSR count). The molecule has 0 bridgehead atoms. The molecule has 5 heteroatoms. The van der Waals surface area contributed by atoms with Crippen LogP contribution in [0.15, 0.2) is 36.7 Å². The Labute approximate surface area is 117 Å². The Morgan fingerprint density at radius 2 is 2.10 bits per heavy atom. The van der Waals surface area contributed by atoms with Crippen LogP contribution in [0.3, 0.4) is 0 Å². The molecule has 0 radical (unpaired) electrons. The number of rotatable bonds is 4. The average Bonchev–Trinajstić information content (AvgIpc) is 2.38. The van der Waals surface area contributed by atoms with E-state index >= 15 is 0 Å². The van der Waals surface area contributed by atoms with Crippen molar-refractivity contribution in [3.63, 3.8) is 0 Å². The first-order valence-electron chi connectivity index (χ1n) is 6.35. The second-order valence-corrected chi connectivity index (χ2v) is 4.43. The monoisotopic (exact) mass is 271 g/mol. The quantitative estimate of drug-likeness (QED) is 0.838. The SMILES string of the molecule is CCOc1cc(N)cc(C(=O)Nc2cncc(C)c2)c1. The minimum absolute atomic E-state index is 0.245. The zero-order valence-corrected chi connectivity index (χ0v) is 11.5. The fourth-order valence-corrected chi connectivity index (χ4v) is 1.83. The van der Waals surface area contributed by atoms with Gasteiger partial charge >= 0.3 is 0 Å². The molecule has 0 saturated heterocycles. The fraction of sp³-hybridized carbons (Fsp3) is 0.200. The number of pyridine rings is 1. The summed E-state index contributed by atoms with van der Waals surface area (Å²) in [7, 11) is 0. The average molecular weight is 271 g/mol. The Balaban J connectivity index is 2.20. The maximum atomic E-state index is 12.2. The van der Waals surface area contributed by atoms with Crippen molar-refractivity contribution in [2.45, 2.75) is 13.8 Å². The number of benzene rings is 1. The van der Waals surface area contributed by atoms with E-state index in [9.17, 15) is 4.79 Å². The Hall–Kier alpha value is -2.56. The lowest BCUT2D eigenvalue weighted by atomic mass is 10.1. The van der Waals surface area contributed by atoms with Gasteiger partial charge < -0.3 is 15.8 Å². The highest BCUT2D eigenvalue weighted by atomic mass is 16.5. The number of aryl methyl sites for hydroxylation is 1. The highest BCUT2D eigenvalue weighted by molar-refractivity contribution is 6.05. The Morgan fingerprint density at radius 3 is 2.80 bits per heavy atom. The van der Waals surface area contributed by atoms with Crippen LogP contribution in [0.25, 0.3) is 0 Å². The summed E-state index contributed by atoms with van der Waals surface area (Å²) in [5, 5.41) is 2.78. The van der Waals surface area contributed by atoms with Crippen LogP contribution >= 0.6 is 0 Å². The molecule has 0 aliphatic rings. The van der Waals surface area contributed by atoms with Gasteiger partial charge in [-0.3, -0.25) is 9.78 Å². The first-order chi connectivity index (χ1) is 9.58. The van der Waals surface area contributed by atoms with Crippen LogP contribution in [-0.2, 0) is 0 Å². The molecule has 1 amide bonds. The van der Waals surface area contributed by atoms with Crippen LogP contribution in [0.5, 0.6) is 5.75 Å². The standard InChI is InChI=1S/C15H17N3O2/c1-3-20-14-6-11(5-12(16)7-14)15(19)18-13-4-10(2)8-17-9-13/h4-9H,3,16H2,1-2H3,(H,18,19). The zero-order chi connectivity index (χ0) is 14.5. The summed E-state index contributed by atoms with van der Waals surface area (Å²) in [5.74, 6) is 0.339. The number of nitrogens with two attached hydrogens (primary N) is 1. The molecule has 3 N–H and O–H groups in total. The number of nitrogens with zero attached hydrogens (tertiary/aromatic N) is 1. The lowest BCUT2D eigenvalue weighted by Crippen LogP contribution is -2.13. The largest absolute Gasteiger partial charge is 0.494 e. The molecule has 1 aromatic carbocycles. The van der Waals surface area contributed by atoms with Gasteiger partial charge in [0.1, 0.15) is 5.75 Å². The van der Waals surface area contributed by atoms with Crippen molar-refractivity contribution in [1.82, 2.24) is 4.98 Å². The van der Waals surface area contributed by atoms with Gasteiger partial charge in [0.15, 0.2) is 0 Å². The summed E-state index contributed by atoms with van der Waals surface area (Å²) in [6.07, 6.45) is 3.32. The third-order valence-corrected chi connectivity index (χ3v) is 2.63. The van der Waals surface area contributed by atoms with E-state index in [0.29, 0.717) is 29.3 Å². The maximum absolute atomic E-state index is 12.2. The predicted octanol–water partition coefficient (Wildman–Crippen LogP) is 2.62. The van der Waals surface area contributed by atoms with Crippen LogP contribution in [0.2, 0.25) is 0 Å². The number of nitrogen functional groups attached to an aromatic ring is 1. The molecule has 0 aliphatic carbocycles. The summed E-state index contributed by atoms with van der Waals surface area (Å²) >= 11 is 0. The van der Waals surface area contributed by atoms with Gasteiger partial charge in [0, 0.05) is 23.5 Å².